The first kappa shape index (κ1) is 9.22. The molecule has 0 amide bonds. The van der Waals surface area contributed by atoms with Crippen molar-refractivity contribution in [2.24, 2.45) is 0 Å². The lowest BCUT2D eigenvalue weighted by molar-refractivity contribution is 0.207. The molecule has 1 aliphatic rings. The molecule has 1 fully saturated rings. The van der Waals surface area contributed by atoms with Gasteiger partial charge in [0.1, 0.15) is 0 Å². The molecule has 72 valence electrons. The van der Waals surface area contributed by atoms with Gasteiger partial charge in [-0.2, -0.15) is 0 Å². The molecule has 1 saturated carbocycles. The Labute approximate surface area is 84.2 Å². The number of nitrogens with one attached hydrogen (secondary N) is 1. The minimum absolute atomic E-state index is 0.442. The Balaban J connectivity index is 1.85. The largest absolute Gasteiger partial charge is 0.307 e. The first-order valence-electron chi connectivity index (χ1n) is 4.98. The van der Waals surface area contributed by atoms with Crippen LogP contribution in [0.3, 0.4) is 0 Å². The van der Waals surface area contributed by atoms with Crippen LogP contribution in [0.4, 0.5) is 0 Å². The highest BCUT2D eigenvalue weighted by Crippen LogP contribution is 2.31. The van der Waals surface area contributed by atoms with Crippen molar-refractivity contribution in [3.63, 3.8) is 0 Å². The summed E-state index contributed by atoms with van der Waals surface area (Å²) in [6, 6.07) is 4.43. The standard InChI is InChI=1S/C11H17NS/c1-9-4-5-10(13-9)8-12-11(2)6-3-7-11/h4-5,12H,3,6-8H2,1-2H3. The number of aryl methyl sites for hydroxylation is 1. The third-order valence-electron chi connectivity index (χ3n) is 2.94. The maximum absolute atomic E-state index is 3.64. The Morgan fingerprint density at radius 3 is 2.69 bits per heavy atom. The summed E-state index contributed by atoms with van der Waals surface area (Å²) in [7, 11) is 0. The van der Waals surface area contributed by atoms with Crippen LogP contribution in [0.1, 0.15) is 35.9 Å². The van der Waals surface area contributed by atoms with E-state index in [0.29, 0.717) is 5.54 Å². The maximum atomic E-state index is 3.64. The van der Waals surface area contributed by atoms with E-state index in [1.165, 1.54) is 29.0 Å². The zero-order valence-corrected chi connectivity index (χ0v) is 9.21. The molecule has 2 rings (SSSR count). The molecule has 0 spiro atoms. The molecule has 0 atom stereocenters. The lowest BCUT2D eigenvalue weighted by Gasteiger charge is -2.39. The van der Waals surface area contributed by atoms with Crippen LogP contribution in [0, 0.1) is 6.92 Å². The van der Waals surface area contributed by atoms with E-state index >= 15 is 0 Å². The molecule has 0 bridgehead atoms. The third-order valence-corrected chi connectivity index (χ3v) is 3.94. The molecule has 1 aromatic rings. The SMILES string of the molecule is Cc1ccc(CNC2(C)CCC2)s1. The molecular weight excluding hydrogens is 178 g/mol. The smallest absolute Gasteiger partial charge is 0.0304 e. The molecule has 2 heteroatoms. The lowest BCUT2D eigenvalue weighted by Crippen LogP contribution is -2.47. The fraction of sp³-hybridized carbons (Fsp3) is 0.636. The summed E-state index contributed by atoms with van der Waals surface area (Å²) in [5, 5.41) is 3.64. The molecule has 0 radical (unpaired) electrons. The van der Waals surface area contributed by atoms with Crippen LogP contribution in [0.2, 0.25) is 0 Å². The summed E-state index contributed by atoms with van der Waals surface area (Å²) < 4.78 is 0. The van der Waals surface area contributed by atoms with Crippen molar-refractivity contribution >= 4 is 11.3 Å². The van der Waals surface area contributed by atoms with Gasteiger partial charge in [0.2, 0.25) is 0 Å². The molecule has 1 N–H and O–H groups in total. The van der Waals surface area contributed by atoms with Crippen LogP contribution < -0.4 is 5.32 Å². The fourth-order valence-corrected chi connectivity index (χ4v) is 2.59. The highest BCUT2D eigenvalue weighted by molar-refractivity contribution is 7.11. The molecule has 0 unspecified atom stereocenters. The van der Waals surface area contributed by atoms with Gasteiger partial charge in [-0.05, 0) is 45.2 Å². The van der Waals surface area contributed by atoms with Crippen molar-refractivity contribution in [3.8, 4) is 0 Å². The maximum Gasteiger partial charge on any atom is 0.0304 e. The monoisotopic (exact) mass is 195 g/mol. The zero-order valence-electron chi connectivity index (χ0n) is 8.39. The average molecular weight is 195 g/mol. The van der Waals surface area contributed by atoms with Crippen molar-refractivity contribution in [1.29, 1.82) is 0 Å². The molecule has 0 saturated heterocycles. The van der Waals surface area contributed by atoms with E-state index in [1.54, 1.807) is 0 Å². The molecule has 1 aliphatic carbocycles. The zero-order chi connectivity index (χ0) is 9.31. The summed E-state index contributed by atoms with van der Waals surface area (Å²) >= 11 is 1.90. The first-order valence-corrected chi connectivity index (χ1v) is 5.80. The number of hydrogen-bond donors (Lipinski definition) is 1. The predicted molar refractivity (Wildman–Crippen MR) is 58.2 cm³/mol. The number of hydrogen-bond acceptors (Lipinski definition) is 2. The van der Waals surface area contributed by atoms with E-state index in [0.717, 1.165) is 6.54 Å². The summed E-state index contributed by atoms with van der Waals surface area (Å²) in [5.41, 5.74) is 0.442. The second kappa shape index (κ2) is 3.43. The van der Waals surface area contributed by atoms with Gasteiger partial charge in [0.15, 0.2) is 0 Å². The minimum Gasteiger partial charge on any atom is -0.307 e. The summed E-state index contributed by atoms with van der Waals surface area (Å²) in [5.74, 6) is 0. The van der Waals surface area contributed by atoms with E-state index < -0.39 is 0 Å². The van der Waals surface area contributed by atoms with Gasteiger partial charge < -0.3 is 5.32 Å². The van der Waals surface area contributed by atoms with Crippen molar-refractivity contribution < 1.29 is 0 Å². The Morgan fingerprint density at radius 1 is 1.46 bits per heavy atom. The number of rotatable bonds is 3. The highest BCUT2D eigenvalue weighted by atomic mass is 32.1. The van der Waals surface area contributed by atoms with E-state index in [1.807, 2.05) is 11.3 Å². The van der Waals surface area contributed by atoms with E-state index in [-0.39, 0.29) is 0 Å². The van der Waals surface area contributed by atoms with Crippen LogP contribution in [-0.4, -0.2) is 5.54 Å². The second-order valence-corrected chi connectivity index (χ2v) is 5.65. The van der Waals surface area contributed by atoms with Crippen molar-refractivity contribution in [2.75, 3.05) is 0 Å². The van der Waals surface area contributed by atoms with Gasteiger partial charge in [0.05, 0.1) is 0 Å². The van der Waals surface area contributed by atoms with E-state index in [9.17, 15) is 0 Å². The van der Waals surface area contributed by atoms with Gasteiger partial charge in [-0.1, -0.05) is 0 Å². The molecule has 0 aliphatic heterocycles. The summed E-state index contributed by atoms with van der Waals surface area (Å²) in [6.07, 6.45) is 4.09. The van der Waals surface area contributed by atoms with Crippen molar-refractivity contribution in [2.45, 2.75) is 45.2 Å². The van der Waals surface area contributed by atoms with Crippen molar-refractivity contribution in [1.82, 2.24) is 5.32 Å². The lowest BCUT2D eigenvalue weighted by atomic mass is 9.78. The van der Waals surface area contributed by atoms with Crippen LogP contribution in [0.25, 0.3) is 0 Å². The molecule has 1 nitrogen and oxygen atoms in total. The molecule has 1 aromatic heterocycles. The Morgan fingerprint density at radius 2 is 2.23 bits per heavy atom. The molecular formula is C11H17NS. The topological polar surface area (TPSA) is 12.0 Å². The van der Waals surface area contributed by atoms with Crippen LogP contribution in [-0.2, 0) is 6.54 Å². The number of thiophene rings is 1. The van der Waals surface area contributed by atoms with Gasteiger partial charge >= 0.3 is 0 Å². The van der Waals surface area contributed by atoms with E-state index in [2.05, 4.69) is 31.3 Å². The molecule has 0 aromatic carbocycles. The fourth-order valence-electron chi connectivity index (χ4n) is 1.76. The first-order chi connectivity index (χ1) is 6.18. The minimum atomic E-state index is 0.442. The van der Waals surface area contributed by atoms with Gasteiger partial charge in [-0.15, -0.1) is 11.3 Å². The normalized spacial score (nSPS) is 19.8. The van der Waals surface area contributed by atoms with Crippen LogP contribution in [0.5, 0.6) is 0 Å². The molecule has 13 heavy (non-hydrogen) atoms. The van der Waals surface area contributed by atoms with Gasteiger partial charge in [0.25, 0.3) is 0 Å². The van der Waals surface area contributed by atoms with E-state index in [4.69, 9.17) is 0 Å². The van der Waals surface area contributed by atoms with Gasteiger partial charge in [0, 0.05) is 21.8 Å². The predicted octanol–water partition coefficient (Wildman–Crippen LogP) is 3.09. The Kier molecular flexibility index (Phi) is 2.43. The van der Waals surface area contributed by atoms with Crippen LogP contribution >= 0.6 is 11.3 Å². The second-order valence-electron chi connectivity index (χ2n) is 4.28. The van der Waals surface area contributed by atoms with Gasteiger partial charge in [-0.25, -0.2) is 0 Å². The average Bonchev–Trinajstić information content (AvgIpc) is 2.44. The Bertz CT molecular complexity index is 286. The third kappa shape index (κ3) is 2.12. The van der Waals surface area contributed by atoms with Crippen LogP contribution in [0.15, 0.2) is 12.1 Å². The highest BCUT2D eigenvalue weighted by Gasteiger charge is 2.30. The molecule has 1 heterocycles. The quantitative estimate of drug-likeness (QED) is 0.781. The summed E-state index contributed by atoms with van der Waals surface area (Å²) in [4.78, 5) is 2.88. The summed E-state index contributed by atoms with van der Waals surface area (Å²) in [6.45, 7) is 5.55. The van der Waals surface area contributed by atoms with Crippen molar-refractivity contribution in [3.05, 3.63) is 21.9 Å². The Hall–Kier alpha value is -0.340. The van der Waals surface area contributed by atoms with Gasteiger partial charge in [-0.3, -0.25) is 0 Å².